The summed E-state index contributed by atoms with van der Waals surface area (Å²) in [6, 6.07) is 16.4. The summed E-state index contributed by atoms with van der Waals surface area (Å²) in [4.78, 5) is 17.3. The lowest BCUT2D eigenvalue weighted by atomic mass is 10.1. The van der Waals surface area contributed by atoms with E-state index in [1.54, 1.807) is 0 Å². The molecular weight excluding hydrogens is 460 g/mol. The largest absolute Gasteiger partial charge is 0.378 e. The fourth-order valence-corrected chi connectivity index (χ4v) is 5.23. The number of morpholine rings is 1. The number of carbonyl (C=O) groups excluding carboxylic acids is 1. The van der Waals surface area contributed by atoms with Crippen LogP contribution in [0.5, 0.6) is 0 Å². The van der Waals surface area contributed by atoms with Crippen LogP contribution in [-0.2, 0) is 9.53 Å². The van der Waals surface area contributed by atoms with Crippen molar-refractivity contribution >= 4 is 35.0 Å². The highest BCUT2D eigenvalue weighted by atomic mass is 32.2. The Kier molecular flexibility index (Phi) is 7.54. The standard InChI is InChI=1S/C26H32N6O2S/c1-20-5-9-23(10-6-20)32-25(31-15-17-34-18-16-31)28-29-26(32)35-19-24(33)27-21-7-11-22(12-8-21)30-13-3-2-4-14-30/h5-12H,2-4,13-19H2,1H3,(H,27,33). The highest BCUT2D eigenvalue weighted by Crippen LogP contribution is 2.28. The van der Waals surface area contributed by atoms with Crippen LogP contribution in [0, 0.1) is 6.92 Å². The van der Waals surface area contributed by atoms with Crippen LogP contribution in [0.25, 0.3) is 5.69 Å². The molecular formula is C26H32N6O2S. The quantitative estimate of drug-likeness (QED) is 0.497. The zero-order chi connectivity index (χ0) is 24.0. The van der Waals surface area contributed by atoms with Crippen molar-refractivity contribution in [2.75, 3.05) is 60.3 Å². The predicted octanol–water partition coefficient (Wildman–Crippen LogP) is 4.13. The molecule has 1 N–H and O–H groups in total. The summed E-state index contributed by atoms with van der Waals surface area (Å²) in [7, 11) is 0. The van der Waals surface area contributed by atoms with Crippen LogP contribution in [0.1, 0.15) is 24.8 Å². The summed E-state index contributed by atoms with van der Waals surface area (Å²) in [6.45, 7) is 7.15. The van der Waals surface area contributed by atoms with Crippen molar-refractivity contribution in [1.29, 1.82) is 0 Å². The molecule has 2 fully saturated rings. The molecule has 2 aliphatic rings. The summed E-state index contributed by atoms with van der Waals surface area (Å²) >= 11 is 1.40. The molecule has 35 heavy (non-hydrogen) atoms. The molecule has 1 aromatic heterocycles. The van der Waals surface area contributed by atoms with Gasteiger partial charge in [-0.1, -0.05) is 29.5 Å². The lowest BCUT2D eigenvalue weighted by Crippen LogP contribution is -2.37. The molecule has 5 rings (SSSR count). The lowest BCUT2D eigenvalue weighted by Gasteiger charge is -2.28. The minimum absolute atomic E-state index is 0.0629. The number of nitrogens with zero attached hydrogens (tertiary/aromatic N) is 5. The molecule has 0 atom stereocenters. The minimum Gasteiger partial charge on any atom is -0.378 e. The van der Waals surface area contributed by atoms with Gasteiger partial charge in [0.25, 0.3) is 0 Å². The first-order valence-electron chi connectivity index (χ1n) is 12.3. The number of piperidine rings is 1. The first-order chi connectivity index (χ1) is 17.2. The van der Waals surface area contributed by atoms with Gasteiger partial charge in [0.05, 0.1) is 24.7 Å². The van der Waals surface area contributed by atoms with Crippen LogP contribution in [-0.4, -0.2) is 65.8 Å². The SMILES string of the molecule is Cc1ccc(-n2c(SCC(=O)Nc3ccc(N4CCCCC4)cc3)nnc2N2CCOCC2)cc1. The number of benzene rings is 2. The summed E-state index contributed by atoms with van der Waals surface area (Å²) in [6.07, 6.45) is 3.81. The summed E-state index contributed by atoms with van der Waals surface area (Å²) in [5.41, 5.74) is 4.21. The maximum atomic E-state index is 12.7. The second-order valence-corrected chi connectivity index (χ2v) is 9.93. The maximum absolute atomic E-state index is 12.7. The van der Waals surface area contributed by atoms with E-state index >= 15 is 0 Å². The van der Waals surface area contributed by atoms with Crippen LogP contribution in [0.4, 0.5) is 17.3 Å². The van der Waals surface area contributed by atoms with Crippen molar-refractivity contribution in [3.05, 3.63) is 54.1 Å². The smallest absolute Gasteiger partial charge is 0.234 e. The summed E-state index contributed by atoms with van der Waals surface area (Å²) in [5, 5.41) is 12.6. The van der Waals surface area contributed by atoms with Gasteiger partial charge in [-0.05, 0) is 62.6 Å². The Morgan fingerprint density at radius 3 is 2.29 bits per heavy atom. The van der Waals surface area contributed by atoms with E-state index in [1.807, 2.05) is 16.7 Å². The highest BCUT2D eigenvalue weighted by Gasteiger charge is 2.22. The molecule has 0 bridgehead atoms. The molecule has 0 saturated carbocycles. The van der Waals surface area contributed by atoms with E-state index in [2.05, 4.69) is 68.6 Å². The van der Waals surface area contributed by atoms with E-state index in [-0.39, 0.29) is 11.7 Å². The maximum Gasteiger partial charge on any atom is 0.234 e. The van der Waals surface area contributed by atoms with Crippen LogP contribution in [0.2, 0.25) is 0 Å². The van der Waals surface area contributed by atoms with Crippen molar-refractivity contribution in [3.63, 3.8) is 0 Å². The first-order valence-corrected chi connectivity index (χ1v) is 13.3. The normalized spacial score (nSPS) is 16.4. The van der Waals surface area contributed by atoms with Gasteiger partial charge >= 0.3 is 0 Å². The number of carbonyl (C=O) groups is 1. The zero-order valence-corrected chi connectivity index (χ0v) is 21.0. The van der Waals surface area contributed by atoms with Gasteiger partial charge in [-0.15, -0.1) is 10.2 Å². The second kappa shape index (κ2) is 11.1. The number of rotatable bonds is 7. The number of nitrogens with one attached hydrogen (secondary N) is 1. The van der Waals surface area contributed by atoms with E-state index in [4.69, 9.17) is 4.74 Å². The second-order valence-electron chi connectivity index (χ2n) is 8.98. The van der Waals surface area contributed by atoms with Crippen molar-refractivity contribution in [3.8, 4) is 5.69 Å². The Bertz CT molecular complexity index is 1120. The fraction of sp³-hybridized carbons (Fsp3) is 0.423. The first kappa shape index (κ1) is 23.7. The van der Waals surface area contributed by atoms with Crippen molar-refractivity contribution in [2.24, 2.45) is 0 Å². The Morgan fingerprint density at radius 1 is 0.886 bits per heavy atom. The Balaban J connectivity index is 1.26. The van der Waals surface area contributed by atoms with Gasteiger partial charge in [-0.2, -0.15) is 0 Å². The number of anilines is 3. The van der Waals surface area contributed by atoms with Crippen LogP contribution >= 0.6 is 11.8 Å². The molecule has 2 aliphatic heterocycles. The molecule has 0 radical (unpaired) electrons. The highest BCUT2D eigenvalue weighted by molar-refractivity contribution is 7.99. The van der Waals surface area contributed by atoms with Crippen LogP contribution in [0.3, 0.4) is 0 Å². The number of aromatic nitrogens is 3. The molecule has 3 heterocycles. The van der Waals surface area contributed by atoms with E-state index in [9.17, 15) is 4.79 Å². The van der Waals surface area contributed by atoms with Crippen LogP contribution in [0.15, 0.2) is 53.7 Å². The predicted molar refractivity (Wildman–Crippen MR) is 141 cm³/mol. The monoisotopic (exact) mass is 492 g/mol. The van der Waals surface area contributed by atoms with Gasteiger partial charge in [0.15, 0.2) is 5.16 Å². The van der Waals surface area contributed by atoms with Crippen molar-refractivity contribution in [2.45, 2.75) is 31.3 Å². The number of hydrogen-bond acceptors (Lipinski definition) is 7. The molecule has 2 saturated heterocycles. The molecule has 0 unspecified atom stereocenters. The Morgan fingerprint density at radius 2 is 1.57 bits per heavy atom. The Hall–Kier alpha value is -3.04. The lowest BCUT2D eigenvalue weighted by molar-refractivity contribution is -0.113. The average molecular weight is 493 g/mol. The van der Waals surface area contributed by atoms with Gasteiger partial charge in [0.1, 0.15) is 0 Å². The molecule has 2 aromatic carbocycles. The number of ether oxygens (including phenoxy) is 1. The van der Waals surface area contributed by atoms with Gasteiger partial charge in [-0.3, -0.25) is 9.36 Å². The number of hydrogen-bond donors (Lipinski definition) is 1. The summed E-state index contributed by atoms with van der Waals surface area (Å²) < 4.78 is 7.54. The third-order valence-electron chi connectivity index (χ3n) is 6.41. The molecule has 9 heteroatoms. The molecule has 8 nitrogen and oxygen atoms in total. The van der Waals surface area contributed by atoms with E-state index in [1.165, 1.54) is 42.3 Å². The topological polar surface area (TPSA) is 75.5 Å². The van der Waals surface area contributed by atoms with Gasteiger partial charge < -0.3 is 19.9 Å². The van der Waals surface area contributed by atoms with E-state index < -0.39 is 0 Å². The molecule has 0 aliphatic carbocycles. The summed E-state index contributed by atoms with van der Waals surface area (Å²) in [5.74, 6) is 0.974. The fourth-order valence-electron chi connectivity index (χ4n) is 4.48. The van der Waals surface area contributed by atoms with E-state index in [0.717, 1.165) is 43.5 Å². The average Bonchev–Trinajstić information content (AvgIpc) is 3.33. The third kappa shape index (κ3) is 5.79. The number of amides is 1. The van der Waals surface area contributed by atoms with E-state index in [0.29, 0.717) is 18.4 Å². The minimum atomic E-state index is -0.0629. The van der Waals surface area contributed by atoms with Crippen molar-refractivity contribution < 1.29 is 9.53 Å². The zero-order valence-electron chi connectivity index (χ0n) is 20.2. The number of aryl methyl sites for hydroxylation is 1. The Labute approximate surface area is 210 Å². The molecule has 1 amide bonds. The van der Waals surface area contributed by atoms with Gasteiger partial charge in [-0.25, -0.2) is 0 Å². The van der Waals surface area contributed by atoms with Gasteiger partial charge in [0.2, 0.25) is 11.9 Å². The third-order valence-corrected chi connectivity index (χ3v) is 7.34. The molecule has 3 aromatic rings. The molecule has 0 spiro atoms. The number of thioether (sulfide) groups is 1. The van der Waals surface area contributed by atoms with Crippen LogP contribution < -0.4 is 15.1 Å². The molecule has 184 valence electrons. The van der Waals surface area contributed by atoms with Crippen molar-refractivity contribution in [1.82, 2.24) is 14.8 Å². The van der Waals surface area contributed by atoms with Gasteiger partial charge in [0, 0.05) is 37.6 Å².